The van der Waals surface area contributed by atoms with Crippen molar-refractivity contribution in [3.8, 4) is 0 Å². The number of carbonyl (C=O) groups excluding carboxylic acids is 1. The minimum atomic E-state index is 0.0396. The monoisotopic (exact) mass is 229 g/mol. The number of ketones is 1. The Hall–Kier alpha value is -2.10. The smallest absolute Gasteiger partial charge is 0.182 e. The summed E-state index contributed by atoms with van der Waals surface area (Å²) in [5.74, 6) is 0.872. The third kappa shape index (κ3) is 2.36. The van der Waals surface area contributed by atoms with Crippen molar-refractivity contribution in [1.29, 1.82) is 0 Å². The normalized spacial score (nSPS) is 10.5. The van der Waals surface area contributed by atoms with Gasteiger partial charge in [-0.15, -0.1) is 0 Å². The highest BCUT2D eigenvalue weighted by atomic mass is 16.1. The van der Waals surface area contributed by atoms with Crippen LogP contribution in [-0.2, 0) is 6.54 Å². The van der Waals surface area contributed by atoms with Crippen molar-refractivity contribution in [3.05, 3.63) is 47.5 Å². The van der Waals surface area contributed by atoms with E-state index in [1.54, 1.807) is 24.5 Å². The minimum Gasteiger partial charge on any atom is -0.398 e. The highest BCUT2D eigenvalue weighted by Crippen LogP contribution is 2.14. The first-order chi connectivity index (χ1) is 8.08. The summed E-state index contributed by atoms with van der Waals surface area (Å²) in [6.07, 6.45) is 3.48. The molecule has 0 spiro atoms. The van der Waals surface area contributed by atoms with Crippen molar-refractivity contribution in [2.75, 3.05) is 5.73 Å². The molecule has 17 heavy (non-hydrogen) atoms. The van der Waals surface area contributed by atoms with Crippen LogP contribution in [0.25, 0.3) is 0 Å². The van der Waals surface area contributed by atoms with Crippen LogP contribution < -0.4 is 5.73 Å². The SMILES string of the molecule is Cc1ccc(C(=O)Cn2ccnc2C)cc1N. The van der Waals surface area contributed by atoms with E-state index in [-0.39, 0.29) is 5.78 Å². The molecule has 0 radical (unpaired) electrons. The maximum Gasteiger partial charge on any atom is 0.182 e. The number of Topliss-reactive ketones (excluding diaryl/α,β-unsaturated/α-hetero) is 1. The third-order valence-corrected chi connectivity index (χ3v) is 2.84. The second-order valence-electron chi connectivity index (χ2n) is 4.10. The molecule has 88 valence electrons. The van der Waals surface area contributed by atoms with Gasteiger partial charge in [-0.25, -0.2) is 4.98 Å². The average Bonchev–Trinajstić information content (AvgIpc) is 2.68. The molecule has 0 fully saturated rings. The van der Waals surface area contributed by atoms with Crippen molar-refractivity contribution in [2.45, 2.75) is 20.4 Å². The van der Waals surface area contributed by atoms with Gasteiger partial charge in [-0.1, -0.05) is 12.1 Å². The van der Waals surface area contributed by atoms with Crippen LogP contribution in [0, 0.1) is 13.8 Å². The zero-order chi connectivity index (χ0) is 12.4. The van der Waals surface area contributed by atoms with Gasteiger partial charge in [0.1, 0.15) is 5.82 Å². The van der Waals surface area contributed by atoms with Gasteiger partial charge in [0.25, 0.3) is 0 Å². The van der Waals surface area contributed by atoms with E-state index in [2.05, 4.69) is 4.98 Å². The number of hydrogen-bond acceptors (Lipinski definition) is 3. The fourth-order valence-electron chi connectivity index (χ4n) is 1.63. The van der Waals surface area contributed by atoms with Gasteiger partial charge in [-0.05, 0) is 25.5 Å². The van der Waals surface area contributed by atoms with Gasteiger partial charge in [-0.3, -0.25) is 4.79 Å². The van der Waals surface area contributed by atoms with E-state index in [9.17, 15) is 4.79 Å². The molecule has 0 unspecified atom stereocenters. The molecule has 4 nitrogen and oxygen atoms in total. The molecule has 0 bridgehead atoms. The summed E-state index contributed by atoms with van der Waals surface area (Å²) >= 11 is 0. The van der Waals surface area contributed by atoms with E-state index in [1.165, 1.54) is 0 Å². The first kappa shape index (κ1) is 11.4. The molecule has 0 aliphatic carbocycles. The Kier molecular flexibility index (Phi) is 2.95. The number of nitrogens with zero attached hydrogens (tertiary/aromatic N) is 2. The van der Waals surface area contributed by atoms with Gasteiger partial charge >= 0.3 is 0 Å². The molecule has 4 heteroatoms. The molecule has 2 rings (SSSR count). The van der Waals surface area contributed by atoms with Crippen LogP contribution in [0.3, 0.4) is 0 Å². The van der Waals surface area contributed by atoms with Gasteiger partial charge in [-0.2, -0.15) is 0 Å². The number of benzene rings is 1. The number of rotatable bonds is 3. The van der Waals surface area contributed by atoms with Crippen LogP contribution >= 0.6 is 0 Å². The molecule has 0 saturated heterocycles. The average molecular weight is 229 g/mol. The van der Waals surface area contributed by atoms with Crippen LogP contribution in [0.5, 0.6) is 0 Å². The Labute approximate surface area is 100 Å². The molecule has 1 heterocycles. The fraction of sp³-hybridized carbons (Fsp3) is 0.231. The second-order valence-corrected chi connectivity index (χ2v) is 4.10. The molecule has 2 N–H and O–H groups in total. The summed E-state index contributed by atoms with van der Waals surface area (Å²) in [6, 6.07) is 5.40. The number of hydrogen-bond donors (Lipinski definition) is 1. The van der Waals surface area contributed by atoms with Crippen molar-refractivity contribution in [1.82, 2.24) is 9.55 Å². The zero-order valence-electron chi connectivity index (χ0n) is 9.97. The van der Waals surface area contributed by atoms with Crippen LogP contribution in [0.15, 0.2) is 30.6 Å². The Morgan fingerprint density at radius 1 is 1.41 bits per heavy atom. The zero-order valence-corrected chi connectivity index (χ0v) is 9.97. The first-order valence-electron chi connectivity index (χ1n) is 5.45. The van der Waals surface area contributed by atoms with Gasteiger partial charge < -0.3 is 10.3 Å². The van der Waals surface area contributed by atoms with E-state index in [0.29, 0.717) is 17.8 Å². The van der Waals surface area contributed by atoms with E-state index in [0.717, 1.165) is 11.4 Å². The second kappa shape index (κ2) is 4.41. The maximum absolute atomic E-state index is 12.0. The molecular weight excluding hydrogens is 214 g/mol. The number of carbonyl (C=O) groups is 1. The Morgan fingerprint density at radius 2 is 2.18 bits per heavy atom. The summed E-state index contributed by atoms with van der Waals surface area (Å²) in [5, 5.41) is 0. The molecule has 1 aromatic carbocycles. The Bertz CT molecular complexity index is 558. The van der Waals surface area contributed by atoms with Crippen LogP contribution in [0.1, 0.15) is 21.7 Å². The number of nitrogen functional groups attached to an aromatic ring is 1. The van der Waals surface area contributed by atoms with Crippen LogP contribution in [-0.4, -0.2) is 15.3 Å². The molecule has 0 aliphatic heterocycles. The van der Waals surface area contributed by atoms with Gasteiger partial charge in [0.2, 0.25) is 0 Å². The predicted octanol–water partition coefficient (Wildman–Crippen LogP) is 1.97. The lowest BCUT2D eigenvalue weighted by molar-refractivity contribution is 0.0971. The van der Waals surface area contributed by atoms with Crippen molar-refractivity contribution in [2.24, 2.45) is 0 Å². The lowest BCUT2D eigenvalue weighted by atomic mass is 10.1. The van der Waals surface area contributed by atoms with Crippen LogP contribution in [0.2, 0.25) is 0 Å². The topological polar surface area (TPSA) is 60.9 Å². The lowest BCUT2D eigenvalue weighted by Gasteiger charge is -2.06. The third-order valence-electron chi connectivity index (χ3n) is 2.84. The molecule has 0 amide bonds. The first-order valence-corrected chi connectivity index (χ1v) is 5.45. The number of aromatic nitrogens is 2. The van der Waals surface area contributed by atoms with E-state index >= 15 is 0 Å². The Balaban J connectivity index is 2.20. The van der Waals surface area contributed by atoms with Crippen LogP contribution in [0.4, 0.5) is 5.69 Å². The minimum absolute atomic E-state index is 0.0396. The largest absolute Gasteiger partial charge is 0.398 e. The highest BCUT2D eigenvalue weighted by Gasteiger charge is 2.09. The van der Waals surface area contributed by atoms with E-state index < -0.39 is 0 Å². The lowest BCUT2D eigenvalue weighted by Crippen LogP contribution is -2.11. The van der Waals surface area contributed by atoms with Gasteiger partial charge in [0.05, 0.1) is 6.54 Å². The number of nitrogens with two attached hydrogens (primary N) is 1. The molecule has 1 aromatic heterocycles. The maximum atomic E-state index is 12.0. The van der Waals surface area contributed by atoms with Crippen molar-refractivity contribution in [3.63, 3.8) is 0 Å². The van der Waals surface area contributed by atoms with Gasteiger partial charge in [0.15, 0.2) is 5.78 Å². The van der Waals surface area contributed by atoms with E-state index in [1.807, 2.05) is 24.5 Å². The number of imidazole rings is 1. The quantitative estimate of drug-likeness (QED) is 0.646. The summed E-state index contributed by atoms with van der Waals surface area (Å²) < 4.78 is 1.82. The Morgan fingerprint density at radius 3 is 2.76 bits per heavy atom. The molecule has 0 atom stereocenters. The highest BCUT2D eigenvalue weighted by molar-refractivity contribution is 5.96. The summed E-state index contributed by atoms with van der Waals surface area (Å²) in [6.45, 7) is 4.09. The summed E-state index contributed by atoms with van der Waals surface area (Å²) in [4.78, 5) is 16.1. The van der Waals surface area contributed by atoms with Crippen molar-refractivity contribution < 1.29 is 4.79 Å². The molecule has 0 aliphatic rings. The standard InChI is InChI=1S/C13H15N3O/c1-9-3-4-11(7-12(9)14)13(17)8-16-6-5-15-10(16)2/h3-7H,8,14H2,1-2H3. The number of anilines is 1. The molecule has 2 aromatic rings. The summed E-state index contributed by atoms with van der Waals surface area (Å²) in [5.41, 5.74) is 8.07. The summed E-state index contributed by atoms with van der Waals surface area (Å²) in [7, 11) is 0. The number of aryl methyl sites for hydroxylation is 2. The predicted molar refractivity (Wildman–Crippen MR) is 66.9 cm³/mol. The van der Waals surface area contributed by atoms with Gasteiger partial charge in [0, 0.05) is 23.6 Å². The fourth-order valence-corrected chi connectivity index (χ4v) is 1.63. The molecule has 0 saturated carbocycles. The van der Waals surface area contributed by atoms with Crippen molar-refractivity contribution >= 4 is 11.5 Å². The van der Waals surface area contributed by atoms with E-state index in [4.69, 9.17) is 5.73 Å². The molecular formula is C13H15N3O.